The van der Waals surface area contributed by atoms with Crippen LogP contribution in [0.25, 0.3) is 12.2 Å². The quantitative estimate of drug-likeness (QED) is 0.283. The van der Waals surface area contributed by atoms with Crippen LogP contribution in [0.2, 0.25) is 0 Å². The molecule has 0 N–H and O–H groups in total. The predicted octanol–water partition coefficient (Wildman–Crippen LogP) is 7.71. The molecule has 28 heavy (non-hydrogen) atoms. The fourth-order valence-electron chi connectivity index (χ4n) is 3.42. The minimum Gasteiger partial charge on any atom is -0.0917 e. The number of allylic oxidation sites excluding steroid dienone is 2. The Bertz CT molecular complexity index is 881. The summed E-state index contributed by atoms with van der Waals surface area (Å²) in [5, 5.41) is 0. The van der Waals surface area contributed by atoms with Gasteiger partial charge in [-0.25, -0.2) is 0 Å². The van der Waals surface area contributed by atoms with Crippen molar-refractivity contribution < 1.29 is 0 Å². The maximum atomic E-state index is 2.30. The monoisotopic (exact) mass is 366 g/mol. The Hall–Kier alpha value is -2.86. The fraction of sp³-hybridized carbons (Fsp3) is 0.214. The zero-order chi connectivity index (χ0) is 19.6. The largest absolute Gasteiger partial charge is 0.0917 e. The van der Waals surface area contributed by atoms with Crippen LogP contribution in [0.1, 0.15) is 54.0 Å². The van der Waals surface area contributed by atoms with E-state index in [1.807, 2.05) is 0 Å². The van der Waals surface area contributed by atoms with Gasteiger partial charge in [0.05, 0.1) is 0 Å². The van der Waals surface area contributed by atoms with Gasteiger partial charge in [-0.05, 0) is 59.9 Å². The van der Waals surface area contributed by atoms with Crippen LogP contribution in [0.5, 0.6) is 0 Å². The first-order chi connectivity index (χ1) is 13.7. The van der Waals surface area contributed by atoms with Crippen molar-refractivity contribution in [2.75, 3.05) is 0 Å². The van der Waals surface area contributed by atoms with E-state index in [2.05, 4.69) is 117 Å². The second kappa shape index (κ2) is 10.5. The van der Waals surface area contributed by atoms with Gasteiger partial charge in [0, 0.05) is 0 Å². The molecule has 3 rings (SSSR count). The molecule has 0 spiro atoms. The third kappa shape index (κ3) is 6.09. The van der Waals surface area contributed by atoms with E-state index in [4.69, 9.17) is 0 Å². The van der Waals surface area contributed by atoms with Crippen LogP contribution in [-0.2, 0) is 12.8 Å². The van der Waals surface area contributed by atoms with Gasteiger partial charge in [0.25, 0.3) is 0 Å². The Morgan fingerprint density at radius 3 is 1.86 bits per heavy atom. The number of benzene rings is 3. The van der Waals surface area contributed by atoms with Crippen molar-refractivity contribution in [2.45, 2.75) is 39.0 Å². The zero-order valence-electron chi connectivity index (χ0n) is 17.0. The average Bonchev–Trinajstić information content (AvgIpc) is 2.75. The topological polar surface area (TPSA) is 0 Å². The predicted molar refractivity (Wildman–Crippen MR) is 124 cm³/mol. The van der Waals surface area contributed by atoms with Crippen LogP contribution in [0.3, 0.4) is 0 Å². The van der Waals surface area contributed by atoms with E-state index in [9.17, 15) is 0 Å². The van der Waals surface area contributed by atoms with E-state index in [0.29, 0.717) is 5.92 Å². The summed E-state index contributed by atoms with van der Waals surface area (Å²) in [4.78, 5) is 0. The molecule has 0 heteroatoms. The van der Waals surface area contributed by atoms with E-state index >= 15 is 0 Å². The molecule has 0 aliphatic carbocycles. The summed E-state index contributed by atoms with van der Waals surface area (Å²) in [6.45, 7) is 4.37. The van der Waals surface area contributed by atoms with Crippen LogP contribution in [0.4, 0.5) is 0 Å². The molecule has 0 aromatic heterocycles. The normalized spacial score (nSPS) is 12.6. The highest BCUT2D eigenvalue weighted by molar-refractivity contribution is 5.69. The van der Waals surface area contributed by atoms with Gasteiger partial charge in [-0.1, -0.05) is 110 Å². The lowest BCUT2D eigenvalue weighted by Gasteiger charge is -2.12. The van der Waals surface area contributed by atoms with Crippen LogP contribution in [0, 0.1) is 0 Å². The molecular formula is C28H30. The molecule has 0 fully saturated rings. The number of rotatable bonds is 8. The Morgan fingerprint density at radius 2 is 1.29 bits per heavy atom. The molecule has 0 radical (unpaired) electrons. The summed E-state index contributed by atoms with van der Waals surface area (Å²) in [6.07, 6.45) is 12.0. The summed E-state index contributed by atoms with van der Waals surface area (Å²) in [5.74, 6) is 0.536. The smallest absolute Gasteiger partial charge is 0.0150 e. The van der Waals surface area contributed by atoms with Crippen LogP contribution in [0.15, 0.2) is 91.0 Å². The van der Waals surface area contributed by atoms with E-state index in [1.165, 1.54) is 27.8 Å². The fourth-order valence-corrected chi connectivity index (χ4v) is 3.42. The lowest BCUT2D eigenvalue weighted by molar-refractivity contribution is 0.759. The van der Waals surface area contributed by atoms with Crippen molar-refractivity contribution >= 4 is 12.2 Å². The molecule has 0 amide bonds. The summed E-state index contributed by atoms with van der Waals surface area (Å²) in [6, 6.07) is 28.6. The lowest BCUT2D eigenvalue weighted by Crippen LogP contribution is -1.98. The van der Waals surface area contributed by atoms with E-state index in [0.717, 1.165) is 19.3 Å². The molecular weight excluding hydrogens is 336 g/mol. The van der Waals surface area contributed by atoms with Gasteiger partial charge in [0.15, 0.2) is 0 Å². The third-order valence-corrected chi connectivity index (χ3v) is 5.17. The van der Waals surface area contributed by atoms with E-state index in [1.54, 1.807) is 0 Å². The molecule has 0 aliphatic heterocycles. The van der Waals surface area contributed by atoms with E-state index in [-0.39, 0.29) is 0 Å². The van der Waals surface area contributed by atoms with Crippen molar-refractivity contribution in [3.8, 4) is 0 Å². The van der Waals surface area contributed by atoms with Crippen molar-refractivity contribution in [3.05, 3.63) is 119 Å². The minimum absolute atomic E-state index is 0.536. The van der Waals surface area contributed by atoms with E-state index < -0.39 is 0 Å². The number of hydrogen-bond donors (Lipinski definition) is 0. The zero-order valence-corrected chi connectivity index (χ0v) is 17.0. The summed E-state index contributed by atoms with van der Waals surface area (Å²) >= 11 is 0. The molecule has 0 aliphatic rings. The lowest BCUT2D eigenvalue weighted by atomic mass is 9.93. The van der Waals surface area contributed by atoms with Crippen molar-refractivity contribution in [1.29, 1.82) is 0 Å². The molecule has 0 bridgehead atoms. The molecule has 0 unspecified atom stereocenters. The first kappa shape index (κ1) is 19.9. The van der Waals surface area contributed by atoms with Crippen molar-refractivity contribution in [1.82, 2.24) is 0 Å². The summed E-state index contributed by atoms with van der Waals surface area (Å²) in [7, 11) is 0. The average molecular weight is 367 g/mol. The molecule has 0 saturated carbocycles. The van der Waals surface area contributed by atoms with Crippen LogP contribution in [-0.4, -0.2) is 0 Å². The molecule has 1 atom stereocenters. The van der Waals surface area contributed by atoms with Crippen molar-refractivity contribution in [2.24, 2.45) is 0 Å². The van der Waals surface area contributed by atoms with Gasteiger partial charge in [0.1, 0.15) is 0 Å². The second-order valence-electron chi connectivity index (χ2n) is 7.44. The molecule has 3 aromatic carbocycles. The second-order valence-corrected chi connectivity index (χ2v) is 7.44. The molecule has 0 heterocycles. The Balaban J connectivity index is 1.56. The highest BCUT2D eigenvalue weighted by atomic mass is 14.1. The van der Waals surface area contributed by atoms with Gasteiger partial charge < -0.3 is 0 Å². The van der Waals surface area contributed by atoms with Gasteiger partial charge in [-0.3, -0.25) is 0 Å². The number of aryl methyl sites for hydroxylation is 1. The number of hydrogen-bond acceptors (Lipinski definition) is 0. The Morgan fingerprint density at radius 1 is 0.714 bits per heavy atom. The summed E-state index contributed by atoms with van der Waals surface area (Å²) < 4.78 is 0. The first-order valence-corrected chi connectivity index (χ1v) is 10.3. The maximum Gasteiger partial charge on any atom is -0.0150 e. The molecule has 142 valence electrons. The van der Waals surface area contributed by atoms with Gasteiger partial charge in [0.2, 0.25) is 0 Å². The Kier molecular flexibility index (Phi) is 7.44. The highest BCUT2D eigenvalue weighted by Gasteiger charge is 2.05. The summed E-state index contributed by atoms with van der Waals surface area (Å²) in [5.41, 5.74) is 6.68. The van der Waals surface area contributed by atoms with Gasteiger partial charge in [-0.2, -0.15) is 0 Å². The van der Waals surface area contributed by atoms with Crippen molar-refractivity contribution in [3.63, 3.8) is 0 Å². The highest BCUT2D eigenvalue weighted by Crippen LogP contribution is 2.21. The first-order valence-electron chi connectivity index (χ1n) is 10.3. The molecule has 0 nitrogen and oxygen atoms in total. The third-order valence-electron chi connectivity index (χ3n) is 5.17. The minimum atomic E-state index is 0.536. The molecule has 3 aromatic rings. The van der Waals surface area contributed by atoms with Crippen LogP contribution >= 0.6 is 0 Å². The van der Waals surface area contributed by atoms with Gasteiger partial charge >= 0.3 is 0 Å². The maximum absolute atomic E-state index is 2.30. The standard InChI is InChI=1S/C28H30/c1-3-4-6-9-24-12-14-25(15-13-24)16-17-26-18-20-27(21-19-26)22-23(2)28-10-7-5-8-11-28/h3-5,7-8,10-21,23H,6,9,22H2,1-2H3/t23-/m1/s1. The van der Waals surface area contributed by atoms with Crippen LogP contribution < -0.4 is 0 Å². The van der Waals surface area contributed by atoms with Gasteiger partial charge in [-0.15, -0.1) is 0 Å². The molecule has 0 saturated heterocycles. The Labute approximate surface area is 170 Å². The SMILES string of the molecule is CC=CCCc1ccc(C=Cc2ccc(C[C@@H](C)c3ccccc3)cc2)cc1.